The third-order valence-corrected chi connectivity index (χ3v) is 2.32. The summed E-state index contributed by atoms with van der Waals surface area (Å²) in [5.41, 5.74) is 2.62. The van der Waals surface area contributed by atoms with E-state index in [1.165, 1.54) is 11.3 Å². The summed E-state index contributed by atoms with van der Waals surface area (Å²) in [6, 6.07) is 8.86. The monoisotopic (exact) mass is 178 g/mol. The molecule has 0 aliphatic heterocycles. The summed E-state index contributed by atoms with van der Waals surface area (Å²) in [6.07, 6.45) is 0. The van der Waals surface area contributed by atoms with E-state index in [4.69, 9.17) is 0 Å². The average Bonchev–Trinajstić information content (AvgIpc) is 2.16. The van der Waals surface area contributed by atoms with Gasteiger partial charge in [-0.25, -0.2) is 0 Å². The Kier molecular flexibility index (Phi) is 3.32. The molecule has 0 spiro atoms. The van der Waals surface area contributed by atoms with Gasteiger partial charge in [0.15, 0.2) is 0 Å². The molecule has 0 saturated carbocycles. The van der Waals surface area contributed by atoms with Crippen LogP contribution in [-0.2, 0) is 0 Å². The Balaban J connectivity index is 3.04. The van der Waals surface area contributed by atoms with Crippen molar-refractivity contribution < 1.29 is 0 Å². The highest BCUT2D eigenvalue weighted by molar-refractivity contribution is 5.53. The summed E-state index contributed by atoms with van der Waals surface area (Å²) in [7, 11) is 6.12. The standard InChI is InChI=1S/C11H18N2/c1-9(12-2)10-7-5-6-8-11(10)13(3)4/h5-9,12H,1-4H3. The van der Waals surface area contributed by atoms with Gasteiger partial charge in [0, 0.05) is 25.8 Å². The summed E-state index contributed by atoms with van der Waals surface area (Å²) in [5, 5.41) is 3.25. The maximum Gasteiger partial charge on any atom is 0.0409 e. The van der Waals surface area contributed by atoms with Crippen molar-refractivity contribution in [2.45, 2.75) is 13.0 Å². The second-order valence-electron chi connectivity index (χ2n) is 3.46. The molecule has 0 aliphatic carbocycles. The van der Waals surface area contributed by atoms with Gasteiger partial charge in [-0.3, -0.25) is 0 Å². The Morgan fingerprint density at radius 3 is 2.38 bits per heavy atom. The molecule has 1 rings (SSSR count). The first kappa shape index (κ1) is 10.1. The van der Waals surface area contributed by atoms with Gasteiger partial charge in [0.05, 0.1) is 0 Å². The van der Waals surface area contributed by atoms with Gasteiger partial charge in [-0.2, -0.15) is 0 Å². The number of rotatable bonds is 3. The molecule has 1 unspecified atom stereocenters. The zero-order chi connectivity index (χ0) is 9.84. The fourth-order valence-electron chi connectivity index (χ4n) is 1.42. The zero-order valence-corrected chi connectivity index (χ0v) is 8.83. The summed E-state index contributed by atoms with van der Waals surface area (Å²) in [5.74, 6) is 0. The van der Waals surface area contributed by atoms with Gasteiger partial charge in [-0.1, -0.05) is 18.2 Å². The first-order valence-corrected chi connectivity index (χ1v) is 4.60. The molecule has 0 aromatic heterocycles. The molecular formula is C11H18N2. The Morgan fingerprint density at radius 1 is 1.23 bits per heavy atom. The van der Waals surface area contributed by atoms with Crippen molar-refractivity contribution in [2.75, 3.05) is 26.0 Å². The highest BCUT2D eigenvalue weighted by Crippen LogP contribution is 2.23. The molecule has 0 fully saturated rings. The highest BCUT2D eigenvalue weighted by Gasteiger charge is 2.08. The van der Waals surface area contributed by atoms with Crippen LogP contribution in [0.15, 0.2) is 24.3 Å². The molecule has 0 bridgehead atoms. The third kappa shape index (κ3) is 2.22. The van der Waals surface area contributed by atoms with Gasteiger partial charge in [-0.15, -0.1) is 0 Å². The summed E-state index contributed by atoms with van der Waals surface area (Å²) >= 11 is 0. The van der Waals surface area contributed by atoms with Crippen LogP contribution in [0.2, 0.25) is 0 Å². The van der Waals surface area contributed by atoms with Crippen LogP contribution in [0.1, 0.15) is 18.5 Å². The number of para-hydroxylation sites is 1. The van der Waals surface area contributed by atoms with Gasteiger partial charge >= 0.3 is 0 Å². The molecule has 1 aromatic rings. The van der Waals surface area contributed by atoms with Gasteiger partial charge in [0.2, 0.25) is 0 Å². The molecule has 13 heavy (non-hydrogen) atoms. The first-order valence-electron chi connectivity index (χ1n) is 4.60. The van der Waals surface area contributed by atoms with Crippen molar-refractivity contribution in [3.8, 4) is 0 Å². The number of nitrogens with one attached hydrogen (secondary N) is 1. The van der Waals surface area contributed by atoms with Gasteiger partial charge in [0.25, 0.3) is 0 Å². The van der Waals surface area contributed by atoms with E-state index in [9.17, 15) is 0 Å². The molecule has 0 heterocycles. The van der Waals surface area contributed by atoms with Gasteiger partial charge in [-0.05, 0) is 25.6 Å². The second-order valence-corrected chi connectivity index (χ2v) is 3.46. The molecule has 2 nitrogen and oxygen atoms in total. The van der Waals surface area contributed by atoms with E-state index in [0.29, 0.717) is 6.04 Å². The summed E-state index contributed by atoms with van der Waals surface area (Å²) in [6.45, 7) is 2.17. The number of hydrogen-bond donors (Lipinski definition) is 1. The molecule has 0 aliphatic rings. The van der Waals surface area contributed by atoms with Crippen LogP contribution < -0.4 is 10.2 Å². The lowest BCUT2D eigenvalue weighted by Gasteiger charge is -2.21. The highest BCUT2D eigenvalue weighted by atomic mass is 15.1. The Hall–Kier alpha value is -1.02. The van der Waals surface area contributed by atoms with Crippen LogP contribution in [0.25, 0.3) is 0 Å². The minimum absolute atomic E-state index is 0.401. The van der Waals surface area contributed by atoms with Crippen LogP contribution in [0, 0.1) is 0 Å². The Labute approximate surface area is 80.6 Å². The van der Waals surface area contributed by atoms with Crippen LogP contribution in [-0.4, -0.2) is 21.1 Å². The van der Waals surface area contributed by atoms with Crippen LogP contribution >= 0.6 is 0 Å². The SMILES string of the molecule is CNC(C)c1ccccc1N(C)C. The largest absolute Gasteiger partial charge is 0.377 e. The summed E-state index contributed by atoms with van der Waals surface area (Å²) in [4.78, 5) is 2.14. The Morgan fingerprint density at radius 2 is 1.85 bits per heavy atom. The molecule has 1 atom stereocenters. The zero-order valence-electron chi connectivity index (χ0n) is 8.83. The first-order chi connectivity index (χ1) is 6.16. The number of anilines is 1. The van der Waals surface area contributed by atoms with Crippen LogP contribution in [0.3, 0.4) is 0 Å². The fourth-order valence-corrected chi connectivity index (χ4v) is 1.42. The minimum Gasteiger partial charge on any atom is -0.377 e. The third-order valence-electron chi connectivity index (χ3n) is 2.32. The lowest BCUT2D eigenvalue weighted by atomic mass is 10.1. The predicted molar refractivity (Wildman–Crippen MR) is 58.2 cm³/mol. The normalized spacial score (nSPS) is 12.6. The van der Waals surface area contributed by atoms with E-state index in [2.05, 4.69) is 55.5 Å². The summed E-state index contributed by atoms with van der Waals surface area (Å²) < 4.78 is 0. The van der Waals surface area contributed by atoms with E-state index in [1.807, 2.05) is 7.05 Å². The topological polar surface area (TPSA) is 15.3 Å². The van der Waals surface area contributed by atoms with E-state index >= 15 is 0 Å². The van der Waals surface area contributed by atoms with E-state index < -0.39 is 0 Å². The molecule has 2 heteroatoms. The number of hydrogen-bond acceptors (Lipinski definition) is 2. The molecule has 72 valence electrons. The number of benzene rings is 1. The van der Waals surface area contributed by atoms with Crippen molar-refractivity contribution in [1.82, 2.24) is 5.32 Å². The fraction of sp³-hybridized carbons (Fsp3) is 0.455. The minimum atomic E-state index is 0.401. The molecule has 1 aromatic carbocycles. The van der Waals surface area contributed by atoms with Crippen molar-refractivity contribution in [3.05, 3.63) is 29.8 Å². The lowest BCUT2D eigenvalue weighted by Crippen LogP contribution is -2.18. The molecule has 0 radical (unpaired) electrons. The lowest BCUT2D eigenvalue weighted by molar-refractivity contribution is 0.651. The Bertz CT molecular complexity index is 269. The van der Waals surface area contributed by atoms with E-state index in [0.717, 1.165) is 0 Å². The van der Waals surface area contributed by atoms with Crippen molar-refractivity contribution in [3.63, 3.8) is 0 Å². The van der Waals surface area contributed by atoms with Crippen LogP contribution in [0.5, 0.6) is 0 Å². The molecule has 0 saturated heterocycles. The quantitative estimate of drug-likeness (QED) is 0.762. The van der Waals surface area contributed by atoms with Crippen LogP contribution in [0.4, 0.5) is 5.69 Å². The average molecular weight is 178 g/mol. The maximum atomic E-state index is 3.25. The van der Waals surface area contributed by atoms with Crippen molar-refractivity contribution in [1.29, 1.82) is 0 Å². The van der Waals surface area contributed by atoms with Crippen molar-refractivity contribution in [2.24, 2.45) is 0 Å². The molecular weight excluding hydrogens is 160 g/mol. The predicted octanol–water partition coefficient (Wildman–Crippen LogP) is 2.03. The smallest absolute Gasteiger partial charge is 0.0409 e. The van der Waals surface area contributed by atoms with E-state index in [-0.39, 0.29) is 0 Å². The van der Waals surface area contributed by atoms with Gasteiger partial charge < -0.3 is 10.2 Å². The molecule has 1 N–H and O–H groups in total. The molecule has 0 amide bonds. The second kappa shape index (κ2) is 4.28. The van der Waals surface area contributed by atoms with E-state index in [1.54, 1.807) is 0 Å². The van der Waals surface area contributed by atoms with Crippen molar-refractivity contribution >= 4 is 5.69 Å². The number of nitrogens with zero attached hydrogens (tertiary/aromatic N) is 1. The maximum absolute atomic E-state index is 3.25. The van der Waals surface area contributed by atoms with Gasteiger partial charge in [0.1, 0.15) is 0 Å².